The summed E-state index contributed by atoms with van der Waals surface area (Å²) < 4.78 is 42.9. The third kappa shape index (κ3) is 5.13. The second kappa shape index (κ2) is 9.07. The number of carbonyl (C=O) groups is 1. The van der Waals surface area contributed by atoms with Crippen LogP contribution in [-0.4, -0.2) is 40.1 Å². The van der Waals surface area contributed by atoms with Gasteiger partial charge in [0.25, 0.3) is 15.9 Å². The van der Waals surface area contributed by atoms with E-state index in [2.05, 4.69) is 15.0 Å². The van der Waals surface area contributed by atoms with Crippen molar-refractivity contribution in [2.24, 2.45) is 0 Å². The van der Waals surface area contributed by atoms with Gasteiger partial charge in [-0.05, 0) is 36.2 Å². The lowest BCUT2D eigenvalue weighted by atomic mass is 10.1. The number of furan rings is 1. The third-order valence-electron chi connectivity index (χ3n) is 3.88. The minimum atomic E-state index is -3.90. The average molecular weight is 437 g/mol. The summed E-state index contributed by atoms with van der Waals surface area (Å²) in [4.78, 5) is 16.0. The van der Waals surface area contributed by atoms with Crippen molar-refractivity contribution in [2.75, 3.05) is 26.1 Å². The molecule has 0 radical (unpaired) electrons. The number of nitrogens with one attached hydrogen (secondary N) is 2. The standard InChI is InChI=1S/C18H19N3O6S2/c1-25-13-4-3-12(11-15(13)26-2)7-8-20-29(23,24)16-6-5-14(27-16)17(22)21-18-19-9-10-28-18/h3-6,9-11,20H,7-8H2,1-2H3,(H,19,21,22). The van der Waals surface area contributed by atoms with Gasteiger partial charge in [0, 0.05) is 18.1 Å². The number of hydrogen-bond acceptors (Lipinski definition) is 8. The molecule has 0 aliphatic heterocycles. The van der Waals surface area contributed by atoms with Crippen LogP contribution in [0.2, 0.25) is 0 Å². The number of thiazole rings is 1. The molecule has 0 unspecified atom stereocenters. The van der Waals surface area contributed by atoms with Crippen LogP contribution in [-0.2, 0) is 16.4 Å². The van der Waals surface area contributed by atoms with Crippen LogP contribution in [0, 0.1) is 0 Å². The number of carbonyl (C=O) groups excluding carboxylic acids is 1. The SMILES string of the molecule is COc1ccc(CCNS(=O)(=O)c2ccc(C(=O)Nc3nccs3)o2)cc1OC. The van der Waals surface area contributed by atoms with Gasteiger partial charge in [0.05, 0.1) is 14.2 Å². The Bertz CT molecular complexity index is 1080. The summed E-state index contributed by atoms with van der Waals surface area (Å²) in [7, 11) is -0.826. The minimum absolute atomic E-state index is 0.125. The van der Waals surface area contributed by atoms with E-state index in [1.54, 1.807) is 30.8 Å². The number of aromatic nitrogens is 1. The first-order valence-electron chi connectivity index (χ1n) is 8.44. The molecule has 1 aromatic carbocycles. The largest absolute Gasteiger partial charge is 0.493 e. The first-order valence-corrected chi connectivity index (χ1v) is 10.8. The van der Waals surface area contributed by atoms with E-state index >= 15 is 0 Å². The number of amides is 1. The van der Waals surface area contributed by atoms with Crippen molar-refractivity contribution in [1.82, 2.24) is 9.71 Å². The van der Waals surface area contributed by atoms with Crippen LogP contribution in [0.15, 0.2) is 51.4 Å². The van der Waals surface area contributed by atoms with E-state index in [9.17, 15) is 13.2 Å². The van der Waals surface area contributed by atoms with Crippen molar-refractivity contribution in [2.45, 2.75) is 11.5 Å². The van der Waals surface area contributed by atoms with Crippen LogP contribution in [0.3, 0.4) is 0 Å². The summed E-state index contributed by atoms with van der Waals surface area (Å²) in [6.07, 6.45) is 1.97. The number of sulfonamides is 1. The maximum Gasteiger partial charge on any atom is 0.293 e. The molecule has 1 amide bonds. The molecule has 3 aromatic rings. The molecule has 0 atom stereocenters. The van der Waals surface area contributed by atoms with E-state index in [0.29, 0.717) is 23.1 Å². The summed E-state index contributed by atoms with van der Waals surface area (Å²) in [6.45, 7) is 0.138. The average Bonchev–Trinajstić information content (AvgIpc) is 3.40. The Morgan fingerprint density at radius 1 is 1.17 bits per heavy atom. The summed E-state index contributed by atoms with van der Waals surface area (Å²) in [5, 5.41) is 4.28. The van der Waals surface area contributed by atoms with Crippen molar-refractivity contribution in [3.05, 3.63) is 53.2 Å². The molecule has 0 spiro atoms. The van der Waals surface area contributed by atoms with E-state index in [1.165, 1.54) is 30.6 Å². The molecule has 0 saturated carbocycles. The number of hydrogen-bond donors (Lipinski definition) is 2. The molecule has 9 nitrogen and oxygen atoms in total. The number of ether oxygens (including phenoxy) is 2. The van der Waals surface area contributed by atoms with E-state index in [0.717, 1.165) is 5.56 Å². The number of nitrogens with zero attached hydrogens (tertiary/aromatic N) is 1. The van der Waals surface area contributed by atoms with Crippen LogP contribution >= 0.6 is 11.3 Å². The molecule has 0 saturated heterocycles. The van der Waals surface area contributed by atoms with Crippen molar-refractivity contribution >= 4 is 32.4 Å². The minimum Gasteiger partial charge on any atom is -0.493 e. The fourth-order valence-corrected chi connectivity index (χ4v) is 3.95. The van der Waals surface area contributed by atoms with Crippen molar-refractivity contribution in [3.63, 3.8) is 0 Å². The monoisotopic (exact) mass is 437 g/mol. The smallest absolute Gasteiger partial charge is 0.293 e. The highest BCUT2D eigenvalue weighted by Crippen LogP contribution is 2.27. The Morgan fingerprint density at radius 2 is 1.97 bits per heavy atom. The fraction of sp³-hybridized carbons (Fsp3) is 0.222. The van der Waals surface area contributed by atoms with Gasteiger partial charge in [-0.25, -0.2) is 18.1 Å². The van der Waals surface area contributed by atoms with Gasteiger partial charge in [0.15, 0.2) is 22.4 Å². The zero-order valence-electron chi connectivity index (χ0n) is 15.7. The summed E-state index contributed by atoms with van der Waals surface area (Å²) >= 11 is 1.24. The first-order chi connectivity index (χ1) is 13.9. The van der Waals surface area contributed by atoms with Gasteiger partial charge < -0.3 is 13.9 Å². The van der Waals surface area contributed by atoms with Crippen molar-refractivity contribution in [3.8, 4) is 11.5 Å². The van der Waals surface area contributed by atoms with Gasteiger partial charge in [0.1, 0.15) is 0 Å². The summed E-state index contributed by atoms with van der Waals surface area (Å²) in [5.74, 6) is 0.456. The number of benzene rings is 1. The normalized spacial score (nSPS) is 11.2. The van der Waals surface area contributed by atoms with Gasteiger partial charge >= 0.3 is 0 Å². The zero-order valence-corrected chi connectivity index (χ0v) is 17.3. The highest BCUT2D eigenvalue weighted by molar-refractivity contribution is 7.89. The zero-order chi connectivity index (χ0) is 20.9. The molecule has 154 valence electrons. The lowest BCUT2D eigenvalue weighted by molar-refractivity contribution is 0.0991. The molecular formula is C18H19N3O6S2. The lowest BCUT2D eigenvalue weighted by Gasteiger charge is -2.10. The maximum absolute atomic E-state index is 12.4. The molecular weight excluding hydrogens is 418 g/mol. The highest BCUT2D eigenvalue weighted by atomic mass is 32.2. The summed E-state index contributed by atoms with van der Waals surface area (Å²) in [6, 6.07) is 7.88. The molecule has 0 fully saturated rings. The second-order valence-electron chi connectivity index (χ2n) is 5.75. The second-order valence-corrected chi connectivity index (χ2v) is 8.34. The van der Waals surface area contributed by atoms with Crippen LogP contribution < -0.4 is 19.5 Å². The Morgan fingerprint density at radius 3 is 2.66 bits per heavy atom. The van der Waals surface area contributed by atoms with Gasteiger partial charge in [-0.3, -0.25) is 10.1 Å². The predicted octanol–water partition coefficient (Wildman–Crippen LogP) is 2.53. The van der Waals surface area contributed by atoms with Crippen molar-refractivity contribution < 1.29 is 27.1 Å². The molecule has 3 rings (SSSR count). The molecule has 2 N–H and O–H groups in total. The third-order valence-corrected chi connectivity index (χ3v) is 5.90. The molecule has 0 aliphatic carbocycles. The lowest BCUT2D eigenvalue weighted by Crippen LogP contribution is -2.25. The molecule has 0 aliphatic rings. The van der Waals surface area contributed by atoms with Gasteiger partial charge in [-0.15, -0.1) is 11.3 Å². The predicted molar refractivity (Wildman–Crippen MR) is 107 cm³/mol. The molecule has 29 heavy (non-hydrogen) atoms. The quantitative estimate of drug-likeness (QED) is 0.528. The number of methoxy groups -OCH3 is 2. The van der Waals surface area contributed by atoms with E-state index in [4.69, 9.17) is 13.9 Å². The number of anilines is 1. The Hall–Kier alpha value is -2.89. The molecule has 2 aromatic heterocycles. The fourth-order valence-electron chi connectivity index (χ4n) is 2.47. The Labute approximate surface area is 171 Å². The van der Waals surface area contributed by atoms with E-state index < -0.39 is 15.9 Å². The maximum atomic E-state index is 12.4. The van der Waals surface area contributed by atoms with Gasteiger partial charge in [-0.2, -0.15) is 0 Å². The van der Waals surface area contributed by atoms with Crippen LogP contribution in [0.4, 0.5) is 5.13 Å². The topological polar surface area (TPSA) is 120 Å². The molecule has 0 bridgehead atoms. The Kier molecular flexibility index (Phi) is 6.52. The van der Waals surface area contributed by atoms with Crippen LogP contribution in [0.25, 0.3) is 0 Å². The molecule has 11 heteroatoms. The van der Waals surface area contributed by atoms with Crippen LogP contribution in [0.1, 0.15) is 16.1 Å². The van der Waals surface area contributed by atoms with Gasteiger partial charge in [-0.1, -0.05) is 6.07 Å². The summed E-state index contributed by atoms with van der Waals surface area (Å²) in [5.41, 5.74) is 0.869. The number of rotatable bonds is 9. The van der Waals surface area contributed by atoms with Crippen LogP contribution in [0.5, 0.6) is 11.5 Å². The van der Waals surface area contributed by atoms with E-state index in [1.807, 2.05) is 6.07 Å². The van der Waals surface area contributed by atoms with Crippen molar-refractivity contribution in [1.29, 1.82) is 0 Å². The Balaban J connectivity index is 1.60. The van der Waals surface area contributed by atoms with Gasteiger partial charge in [0.2, 0.25) is 5.09 Å². The molecule has 2 heterocycles. The highest BCUT2D eigenvalue weighted by Gasteiger charge is 2.21. The first kappa shape index (κ1) is 20.8. The van der Waals surface area contributed by atoms with E-state index in [-0.39, 0.29) is 17.4 Å².